The molecular formula is C12H19NO2S. The molecule has 0 unspecified atom stereocenters. The van der Waals surface area contributed by atoms with Crippen molar-refractivity contribution in [1.82, 2.24) is 4.90 Å². The first-order chi connectivity index (χ1) is 7.63. The second-order valence-corrected chi connectivity index (χ2v) is 7.06. The number of nitrogens with zero attached hydrogens (tertiary/aromatic N) is 1. The molecule has 2 aliphatic heterocycles. The van der Waals surface area contributed by atoms with Gasteiger partial charge >= 0.3 is 0 Å². The molecule has 4 heteroatoms. The zero-order chi connectivity index (χ0) is 11.3. The summed E-state index contributed by atoms with van der Waals surface area (Å²) in [6.07, 6.45) is 2.64. The maximum absolute atomic E-state index is 12.0. The number of likely N-dealkylation sites (tertiary alicyclic amines) is 1. The van der Waals surface area contributed by atoms with Crippen LogP contribution in [0.5, 0.6) is 0 Å². The predicted molar refractivity (Wildman–Crippen MR) is 64.5 cm³/mol. The van der Waals surface area contributed by atoms with E-state index in [1.807, 2.05) is 11.8 Å². The zero-order valence-corrected chi connectivity index (χ0v) is 10.8. The van der Waals surface area contributed by atoms with E-state index in [9.17, 15) is 4.79 Å². The van der Waals surface area contributed by atoms with Crippen molar-refractivity contribution < 1.29 is 9.53 Å². The van der Waals surface area contributed by atoms with E-state index in [-0.39, 0.29) is 0 Å². The van der Waals surface area contributed by atoms with Crippen LogP contribution >= 0.6 is 11.8 Å². The predicted octanol–water partition coefficient (Wildman–Crippen LogP) is 1.38. The monoisotopic (exact) mass is 241 g/mol. The van der Waals surface area contributed by atoms with E-state index in [4.69, 9.17) is 4.74 Å². The molecule has 0 N–H and O–H groups in total. The van der Waals surface area contributed by atoms with Crippen molar-refractivity contribution >= 4 is 17.7 Å². The Kier molecular flexibility index (Phi) is 2.48. The Bertz CT molecular complexity index is 314. The first-order valence-corrected chi connectivity index (χ1v) is 7.08. The van der Waals surface area contributed by atoms with Crippen LogP contribution in [0.4, 0.5) is 0 Å². The lowest BCUT2D eigenvalue weighted by Gasteiger charge is -2.47. The fourth-order valence-electron chi connectivity index (χ4n) is 2.88. The van der Waals surface area contributed by atoms with Crippen LogP contribution in [0, 0.1) is 11.8 Å². The molecule has 1 spiro atoms. The van der Waals surface area contributed by atoms with Crippen molar-refractivity contribution in [3.8, 4) is 0 Å². The lowest BCUT2D eigenvalue weighted by Crippen LogP contribution is -2.61. The molecule has 3 fully saturated rings. The Morgan fingerprint density at radius 3 is 2.69 bits per heavy atom. The van der Waals surface area contributed by atoms with Crippen molar-refractivity contribution in [2.45, 2.75) is 30.6 Å². The Labute approximate surface area is 101 Å². The SMILES string of the molecule is CO[C@@H]1CSC2(C1)CN(C(=O)[C@@H]1C[C@H]1C)C2. The molecule has 0 aromatic carbocycles. The van der Waals surface area contributed by atoms with Gasteiger partial charge in [-0.3, -0.25) is 4.79 Å². The molecule has 1 saturated carbocycles. The molecule has 1 amide bonds. The van der Waals surface area contributed by atoms with Gasteiger partial charge in [0.1, 0.15) is 0 Å². The molecule has 3 rings (SSSR count). The van der Waals surface area contributed by atoms with Crippen LogP contribution < -0.4 is 0 Å². The van der Waals surface area contributed by atoms with Gasteiger partial charge in [0.05, 0.1) is 10.9 Å². The van der Waals surface area contributed by atoms with Gasteiger partial charge in [-0.15, -0.1) is 11.8 Å². The first-order valence-electron chi connectivity index (χ1n) is 6.09. The normalized spacial score (nSPS) is 39.9. The average Bonchev–Trinajstić information content (AvgIpc) is 2.80. The second kappa shape index (κ2) is 3.64. The Morgan fingerprint density at radius 2 is 2.19 bits per heavy atom. The minimum Gasteiger partial charge on any atom is -0.381 e. The molecule has 0 radical (unpaired) electrons. The van der Waals surface area contributed by atoms with Crippen molar-refractivity contribution in [1.29, 1.82) is 0 Å². The third-order valence-corrected chi connectivity index (χ3v) is 5.78. The van der Waals surface area contributed by atoms with E-state index in [0.717, 1.165) is 31.7 Å². The molecule has 3 atom stereocenters. The van der Waals surface area contributed by atoms with E-state index in [2.05, 4.69) is 11.8 Å². The zero-order valence-electron chi connectivity index (χ0n) is 9.94. The average molecular weight is 241 g/mol. The number of hydrogen-bond acceptors (Lipinski definition) is 3. The maximum atomic E-state index is 12.0. The van der Waals surface area contributed by atoms with Crippen molar-refractivity contribution in [3.63, 3.8) is 0 Å². The van der Waals surface area contributed by atoms with Crippen LogP contribution in [0.3, 0.4) is 0 Å². The molecule has 0 bridgehead atoms. The quantitative estimate of drug-likeness (QED) is 0.731. The van der Waals surface area contributed by atoms with Gasteiger partial charge in [0.2, 0.25) is 5.91 Å². The highest BCUT2D eigenvalue weighted by Gasteiger charge is 2.53. The topological polar surface area (TPSA) is 29.5 Å². The van der Waals surface area contributed by atoms with Gasteiger partial charge in [0.25, 0.3) is 0 Å². The molecule has 0 aromatic heterocycles. The maximum Gasteiger partial charge on any atom is 0.226 e. The van der Waals surface area contributed by atoms with Crippen LogP contribution in [-0.4, -0.2) is 47.6 Å². The molecular weight excluding hydrogens is 222 g/mol. The van der Waals surface area contributed by atoms with Crippen molar-refractivity contribution in [2.24, 2.45) is 11.8 Å². The smallest absolute Gasteiger partial charge is 0.226 e. The number of ether oxygens (including phenoxy) is 1. The minimum absolute atomic E-state index is 0.342. The Balaban J connectivity index is 1.53. The largest absolute Gasteiger partial charge is 0.381 e. The van der Waals surface area contributed by atoms with E-state index >= 15 is 0 Å². The Morgan fingerprint density at radius 1 is 1.50 bits per heavy atom. The second-order valence-electron chi connectivity index (χ2n) is 5.57. The number of methoxy groups -OCH3 is 1. The molecule has 3 aliphatic rings. The summed E-state index contributed by atoms with van der Waals surface area (Å²) < 4.78 is 5.73. The van der Waals surface area contributed by atoms with E-state index in [0.29, 0.717) is 28.6 Å². The van der Waals surface area contributed by atoms with Gasteiger partial charge in [-0.1, -0.05) is 6.92 Å². The minimum atomic E-state index is 0.342. The summed E-state index contributed by atoms with van der Waals surface area (Å²) in [5, 5.41) is 0. The van der Waals surface area contributed by atoms with Crippen molar-refractivity contribution in [3.05, 3.63) is 0 Å². The van der Waals surface area contributed by atoms with Gasteiger partial charge in [-0.25, -0.2) is 0 Å². The summed E-state index contributed by atoms with van der Waals surface area (Å²) in [5.41, 5.74) is 0. The van der Waals surface area contributed by atoms with Crippen molar-refractivity contribution in [2.75, 3.05) is 26.0 Å². The summed E-state index contributed by atoms with van der Waals surface area (Å²) in [6.45, 7) is 4.09. The molecule has 16 heavy (non-hydrogen) atoms. The fraction of sp³-hybridized carbons (Fsp3) is 0.917. The number of rotatable bonds is 2. The van der Waals surface area contributed by atoms with Crippen LogP contribution in [0.25, 0.3) is 0 Å². The third-order valence-electron chi connectivity index (χ3n) is 4.20. The first kappa shape index (κ1) is 10.9. The van der Waals surface area contributed by atoms with E-state index < -0.39 is 0 Å². The molecule has 2 heterocycles. The van der Waals surface area contributed by atoms with Crippen LogP contribution in [0.1, 0.15) is 19.8 Å². The number of thioether (sulfide) groups is 1. The summed E-state index contributed by atoms with van der Waals surface area (Å²) in [4.78, 5) is 14.0. The summed E-state index contributed by atoms with van der Waals surface area (Å²) in [6, 6.07) is 0. The lowest BCUT2D eigenvalue weighted by molar-refractivity contribution is -0.138. The molecule has 2 saturated heterocycles. The van der Waals surface area contributed by atoms with Crippen LogP contribution in [0.2, 0.25) is 0 Å². The van der Waals surface area contributed by atoms with Gasteiger partial charge in [0, 0.05) is 31.9 Å². The van der Waals surface area contributed by atoms with Gasteiger partial charge in [-0.2, -0.15) is 0 Å². The summed E-state index contributed by atoms with van der Waals surface area (Å²) >= 11 is 2.00. The van der Waals surface area contributed by atoms with Crippen LogP contribution in [-0.2, 0) is 9.53 Å². The van der Waals surface area contributed by atoms with Gasteiger partial charge in [0.15, 0.2) is 0 Å². The highest BCUT2D eigenvalue weighted by atomic mass is 32.2. The standard InChI is InChI=1S/C12H19NO2S/c1-8-3-10(8)11(14)13-6-12(7-13)4-9(15-2)5-16-12/h8-10H,3-7H2,1-2H3/t8-,9+,10-/m1/s1. The molecule has 1 aliphatic carbocycles. The van der Waals surface area contributed by atoms with Crippen LogP contribution in [0.15, 0.2) is 0 Å². The highest BCUT2D eigenvalue weighted by Crippen LogP contribution is 2.48. The highest BCUT2D eigenvalue weighted by molar-refractivity contribution is 8.01. The van der Waals surface area contributed by atoms with Gasteiger partial charge in [-0.05, 0) is 18.8 Å². The molecule has 0 aromatic rings. The number of amides is 1. The number of hydrogen-bond donors (Lipinski definition) is 0. The third kappa shape index (κ3) is 1.66. The molecule has 90 valence electrons. The lowest BCUT2D eigenvalue weighted by atomic mass is 9.92. The number of carbonyl (C=O) groups excluding carboxylic acids is 1. The summed E-state index contributed by atoms with van der Waals surface area (Å²) in [5.74, 6) is 2.48. The van der Waals surface area contributed by atoms with E-state index in [1.54, 1.807) is 7.11 Å². The van der Waals surface area contributed by atoms with E-state index in [1.165, 1.54) is 0 Å². The van der Waals surface area contributed by atoms with Gasteiger partial charge < -0.3 is 9.64 Å². The Hall–Kier alpha value is -0.220. The fourth-order valence-corrected chi connectivity index (χ4v) is 4.47. The number of carbonyl (C=O) groups is 1. The molecule has 3 nitrogen and oxygen atoms in total. The summed E-state index contributed by atoms with van der Waals surface area (Å²) in [7, 11) is 1.79.